The van der Waals surface area contributed by atoms with E-state index in [1.54, 1.807) is 31.2 Å². The van der Waals surface area contributed by atoms with Crippen LogP contribution >= 0.6 is 0 Å². The van der Waals surface area contributed by atoms with E-state index >= 15 is 0 Å². The van der Waals surface area contributed by atoms with Crippen LogP contribution in [-0.4, -0.2) is 21.0 Å². The van der Waals surface area contributed by atoms with Crippen molar-refractivity contribution in [1.29, 1.82) is 0 Å². The summed E-state index contributed by atoms with van der Waals surface area (Å²) in [5.41, 5.74) is 0.986. The Balaban J connectivity index is 2.05. The standard InChI is InChI=1S/C16H16O5S/c1-2-20-16(17)14-8-10-15(11-9-14)21-22(18,19)12-13-6-4-3-5-7-13/h3-11H,2,12H2,1H3. The largest absolute Gasteiger partial charge is 0.462 e. The van der Waals surface area contributed by atoms with Crippen LogP contribution in [0.5, 0.6) is 5.75 Å². The first-order chi connectivity index (χ1) is 10.5. The van der Waals surface area contributed by atoms with Gasteiger partial charge in [0.05, 0.1) is 12.2 Å². The smallest absolute Gasteiger partial charge is 0.338 e. The van der Waals surface area contributed by atoms with Crippen LogP contribution in [-0.2, 0) is 20.6 Å². The van der Waals surface area contributed by atoms with Gasteiger partial charge in [-0.15, -0.1) is 0 Å². The highest BCUT2D eigenvalue weighted by atomic mass is 32.2. The van der Waals surface area contributed by atoms with Gasteiger partial charge in [-0.1, -0.05) is 30.3 Å². The molecule has 0 bridgehead atoms. The molecule has 0 saturated carbocycles. The Kier molecular flexibility index (Phi) is 5.16. The van der Waals surface area contributed by atoms with Crippen molar-refractivity contribution >= 4 is 16.1 Å². The molecule has 0 aliphatic carbocycles. The van der Waals surface area contributed by atoms with E-state index in [0.29, 0.717) is 11.1 Å². The maximum Gasteiger partial charge on any atom is 0.338 e. The number of rotatable bonds is 6. The molecule has 2 aromatic rings. The molecule has 2 aromatic carbocycles. The normalized spacial score (nSPS) is 11.0. The lowest BCUT2D eigenvalue weighted by Gasteiger charge is -2.08. The molecule has 0 unspecified atom stereocenters. The van der Waals surface area contributed by atoms with Crippen molar-refractivity contribution in [2.24, 2.45) is 0 Å². The number of ether oxygens (including phenoxy) is 1. The molecule has 0 fully saturated rings. The van der Waals surface area contributed by atoms with Crippen LogP contribution in [0.3, 0.4) is 0 Å². The minimum Gasteiger partial charge on any atom is -0.462 e. The third-order valence-corrected chi connectivity index (χ3v) is 3.91. The maximum absolute atomic E-state index is 12.0. The Morgan fingerprint density at radius 3 is 2.23 bits per heavy atom. The number of carbonyl (C=O) groups is 1. The second-order valence-corrected chi connectivity index (χ2v) is 6.09. The quantitative estimate of drug-likeness (QED) is 0.604. The van der Waals surface area contributed by atoms with E-state index in [1.807, 2.05) is 6.07 Å². The highest BCUT2D eigenvalue weighted by Gasteiger charge is 2.14. The van der Waals surface area contributed by atoms with Gasteiger partial charge in [-0.2, -0.15) is 8.42 Å². The molecule has 0 radical (unpaired) electrons. The number of carbonyl (C=O) groups excluding carboxylic acids is 1. The summed E-state index contributed by atoms with van der Waals surface area (Å²) < 4.78 is 33.8. The summed E-state index contributed by atoms with van der Waals surface area (Å²) in [6.45, 7) is 1.99. The van der Waals surface area contributed by atoms with Crippen LogP contribution in [0.2, 0.25) is 0 Å². The van der Waals surface area contributed by atoms with Crippen LogP contribution in [0.1, 0.15) is 22.8 Å². The molecule has 0 aliphatic heterocycles. The van der Waals surface area contributed by atoms with Gasteiger partial charge in [0.1, 0.15) is 11.5 Å². The molecule has 0 saturated heterocycles. The summed E-state index contributed by atoms with van der Waals surface area (Å²) in [6, 6.07) is 14.5. The fraction of sp³-hybridized carbons (Fsp3) is 0.188. The van der Waals surface area contributed by atoms with Crippen molar-refractivity contribution in [3.8, 4) is 5.75 Å². The predicted octanol–water partition coefficient (Wildman–Crippen LogP) is 2.77. The Bertz CT molecular complexity index is 721. The van der Waals surface area contributed by atoms with Gasteiger partial charge in [0.15, 0.2) is 0 Å². The van der Waals surface area contributed by atoms with Gasteiger partial charge in [-0.05, 0) is 36.8 Å². The molecule has 2 rings (SSSR count). The van der Waals surface area contributed by atoms with Gasteiger partial charge in [-0.25, -0.2) is 4.79 Å². The SMILES string of the molecule is CCOC(=O)c1ccc(OS(=O)(=O)Cc2ccccc2)cc1. The summed E-state index contributed by atoms with van der Waals surface area (Å²) in [7, 11) is -3.75. The van der Waals surface area contributed by atoms with E-state index in [0.717, 1.165) is 0 Å². The summed E-state index contributed by atoms with van der Waals surface area (Å²) in [6.07, 6.45) is 0. The average Bonchev–Trinajstić information content (AvgIpc) is 2.48. The lowest BCUT2D eigenvalue weighted by Crippen LogP contribution is -2.12. The number of esters is 1. The van der Waals surface area contributed by atoms with E-state index in [1.165, 1.54) is 24.3 Å². The van der Waals surface area contributed by atoms with Crippen molar-refractivity contribution in [2.45, 2.75) is 12.7 Å². The van der Waals surface area contributed by atoms with Gasteiger partial charge < -0.3 is 8.92 Å². The van der Waals surface area contributed by atoms with Crippen LogP contribution < -0.4 is 4.18 Å². The zero-order valence-corrected chi connectivity index (χ0v) is 12.9. The molecule has 0 aromatic heterocycles. The highest BCUT2D eigenvalue weighted by molar-refractivity contribution is 7.86. The van der Waals surface area contributed by atoms with Crippen LogP contribution in [0.4, 0.5) is 0 Å². The van der Waals surface area contributed by atoms with Crippen LogP contribution in [0.25, 0.3) is 0 Å². The third-order valence-electron chi connectivity index (χ3n) is 2.77. The minimum absolute atomic E-state index is 0.156. The maximum atomic E-state index is 12.0. The van der Waals surface area contributed by atoms with Gasteiger partial charge in [0, 0.05) is 0 Å². The van der Waals surface area contributed by atoms with Crippen molar-refractivity contribution in [3.63, 3.8) is 0 Å². The highest BCUT2D eigenvalue weighted by Crippen LogP contribution is 2.17. The second kappa shape index (κ2) is 7.09. The van der Waals surface area contributed by atoms with E-state index in [-0.39, 0.29) is 18.1 Å². The first-order valence-corrected chi connectivity index (χ1v) is 8.31. The van der Waals surface area contributed by atoms with E-state index in [9.17, 15) is 13.2 Å². The monoisotopic (exact) mass is 320 g/mol. The Morgan fingerprint density at radius 1 is 1.00 bits per heavy atom. The zero-order valence-electron chi connectivity index (χ0n) is 12.1. The topological polar surface area (TPSA) is 69.7 Å². The number of benzene rings is 2. The second-order valence-electron chi connectivity index (χ2n) is 4.52. The summed E-state index contributed by atoms with van der Waals surface area (Å²) in [4.78, 5) is 11.5. The number of hydrogen-bond donors (Lipinski definition) is 0. The molecule has 0 amide bonds. The Morgan fingerprint density at radius 2 is 1.64 bits per heavy atom. The lowest BCUT2D eigenvalue weighted by molar-refractivity contribution is 0.0526. The summed E-state index contributed by atoms with van der Waals surface area (Å²) in [5.74, 6) is -0.516. The van der Waals surface area contributed by atoms with Crippen LogP contribution in [0.15, 0.2) is 54.6 Å². The fourth-order valence-electron chi connectivity index (χ4n) is 1.82. The number of hydrogen-bond acceptors (Lipinski definition) is 5. The molecule has 6 heteroatoms. The van der Waals surface area contributed by atoms with Gasteiger partial charge in [-0.3, -0.25) is 0 Å². The van der Waals surface area contributed by atoms with Crippen molar-refractivity contribution in [2.75, 3.05) is 6.61 Å². The Hall–Kier alpha value is -2.34. The van der Waals surface area contributed by atoms with Gasteiger partial charge in [0.2, 0.25) is 0 Å². The van der Waals surface area contributed by atoms with Crippen molar-refractivity contribution in [3.05, 3.63) is 65.7 Å². The molecule has 0 atom stereocenters. The molecule has 116 valence electrons. The van der Waals surface area contributed by atoms with E-state index in [2.05, 4.69) is 0 Å². The van der Waals surface area contributed by atoms with Gasteiger partial charge >= 0.3 is 16.1 Å². The zero-order chi connectivity index (χ0) is 16.0. The predicted molar refractivity (Wildman–Crippen MR) is 82.1 cm³/mol. The first-order valence-electron chi connectivity index (χ1n) is 6.73. The summed E-state index contributed by atoms with van der Waals surface area (Å²) in [5, 5.41) is 0. The van der Waals surface area contributed by atoms with Crippen molar-refractivity contribution < 1.29 is 22.1 Å². The van der Waals surface area contributed by atoms with Crippen LogP contribution in [0, 0.1) is 0 Å². The average molecular weight is 320 g/mol. The molecular formula is C16H16O5S. The van der Waals surface area contributed by atoms with E-state index in [4.69, 9.17) is 8.92 Å². The molecule has 0 N–H and O–H groups in total. The molecule has 5 nitrogen and oxygen atoms in total. The molecule has 22 heavy (non-hydrogen) atoms. The van der Waals surface area contributed by atoms with Crippen molar-refractivity contribution in [1.82, 2.24) is 0 Å². The van der Waals surface area contributed by atoms with Gasteiger partial charge in [0.25, 0.3) is 0 Å². The molecule has 0 aliphatic rings. The third kappa shape index (κ3) is 4.60. The Labute approximate surface area is 129 Å². The summed E-state index contributed by atoms with van der Waals surface area (Å²) >= 11 is 0. The minimum atomic E-state index is -3.75. The first kappa shape index (κ1) is 16.0. The lowest BCUT2D eigenvalue weighted by atomic mass is 10.2. The van der Waals surface area contributed by atoms with E-state index < -0.39 is 16.1 Å². The molecule has 0 spiro atoms. The fourth-order valence-corrected chi connectivity index (χ4v) is 2.88. The molecule has 0 heterocycles. The molecular weight excluding hydrogens is 304 g/mol.